The van der Waals surface area contributed by atoms with Gasteiger partial charge in [-0.05, 0) is 30.5 Å². The third-order valence-corrected chi connectivity index (χ3v) is 4.41. The van der Waals surface area contributed by atoms with E-state index in [4.69, 9.17) is 22.8 Å². The summed E-state index contributed by atoms with van der Waals surface area (Å²) in [6.07, 6.45) is 7.29. The summed E-state index contributed by atoms with van der Waals surface area (Å²) in [7, 11) is 0. The van der Waals surface area contributed by atoms with E-state index in [1.807, 2.05) is 12.1 Å². The van der Waals surface area contributed by atoms with Crippen LogP contribution in [0.3, 0.4) is 0 Å². The Hall–Kier alpha value is -1.25. The van der Waals surface area contributed by atoms with Crippen LogP contribution in [0, 0.1) is 12.3 Å². The molecule has 1 aliphatic rings. The van der Waals surface area contributed by atoms with Gasteiger partial charge in [0.05, 0.1) is 11.5 Å². The SMILES string of the molecule is C#CCOc1ccc(CCNC2NCNC(CC)C2Cl)cc1. The second-order valence-corrected chi connectivity index (χ2v) is 5.87. The Kier molecular flexibility index (Phi) is 7.01. The van der Waals surface area contributed by atoms with Crippen LogP contribution in [0.5, 0.6) is 5.75 Å². The van der Waals surface area contributed by atoms with Gasteiger partial charge in [0.1, 0.15) is 12.4 Å². The minimum absolute atomic E-state index is 0.0540. The Morgan fingerprint density at radius 1 is 1.36 bits per heavy atom. The highest BCUT2D eigenvalue weighted by atomic mass is 35.5. The third kappa shape index (κ3) is 4.89. The van der Waals surface area contributed by atoms with Crippen molar-refractivity contribution in [1.29, 1.82) is 0 Å². The first-order chi connectivity index (χ1) is 10.7. The minimum Gasteiger partial charge on any atom is -0.481 e. The molecule has 2 rings (SSSR count). The molecule has 0 spiro atoms. The molecule has 1 aromatic carbocycles. The molecule has 0 saturated carbocycles. The van der Waals surface area contributed by atoms with Crippen molar-refractivity contribution in [2.45, 2.75) is 37.4 Å². The second-order valence-electron chi connectivity index (χ2n) is 5.36. The van der Waals surface area contributed by atoms with Gasteiger partial charge in [-0.3, -0.25) is 5.32 Å². The van der Waals surface area contributed by atoms with Crippen LogP contribution in [0.15, 0.2) is 24.3 Å². The molecule has 4 nitrogen and oxygen atoms in total. The van der Waals surface area contributed by atoms with Gasteiger partial charge in [0.15, 0.2) is 0 Å². The van der Waals surface area contributed by atoms with E-state index in [0.29, 0.717) is 12.6 Å². The summed E-state index contributed by atoms with van der Waals surface area (Å²) in [5, 5.41) is 10.3. The summed E-state index contributed by atoms with van der Waals surface area (Å²) in [5.74, 6) is 3.26. The average Bonchev–Trinajstić information content (AvgIpc) is 2.55. The van der Waals surface area contributed by atoms with Crippen LogP contribution in [0.25, 0.3) is 0 Å². The molecule has 1 aliphatic heterocycles. The van der Waals surface area contributed by atoms with Gasteiger partial charge in [0, 0.05) is 19.3 Å². The lowest BCUT2D eigenvalue weighted by molar-refractivity contribution is 0.280. The smallest absolute Gasteiger partial charge is 0.148 e. The summed E-state index contributed by atoms with van der Waals surface area (Å²) in [5.41, 5.74) is 1.26. The lowest BCUT2D eigenvalue weighted by atomic mass is 10.1. The highest BCUT2D eigenvalue weighted by molar-refractivity contribution is 6.21. The van der Waals surface area contributed by atoms with E-state index in [0.717, 1.165) is 31.8 Å². The maximum atomic E-state index is 6.48. The molecule has 0 aliphatic carbocycles. The Bertz CT molecular complexity index is 486. The fourth-order valence-corrected chi connectivity index (χ4v) is 3.01. The van der Waals surface area contributed by atoms with Crippen molar-refractivity contribution >= 4 is 11.6 Å². The molecule has 1 heterocycles. The van der Waals surface area contributed by atoms with Gasteiger partial charge >= 0.3 is 0 Å². The largest absolute Gasteiger partial charge is 0.481 e. The number of terminal acetylenes is 1. The highest BCUT2D eigenvalue weighted by Gasteiger charge is 2.29. The van der Waals surface area contributed by atoms with Crippen LogP contribution >= 0.6 is 11.6 Å². The molecular weight excluding hydrogens is 298 g/mol. The first-order valence-electron chi connectivity index (χ1n) is 7.74. The van der Waals surface area contributed by atoms with Crippen LogP contribution < -0.4 is 20.7 Å². The van der Waals surface area contributed by atoms with E-state index >= 15 is 0 Å². The molecular formula is C17H24ClN3O. The number of rotatable bonds is 7. The molecule has 22 heavy (non-hydrogen) atoms. The standard InChI is InChI=1S/C17H24ClN3O/c1-3-11-22-14-7-5-13(6-8-14)9-10-19-17-16(18)15(4-2)20-12-21-17/h1,5-8,15-17,19-21H,4,9-12H2,2H3. The molecule has 3 N–H and O–H groups in total. The van der Waals surface area contributed by atoms with Crippen molar-refractivity contribution in [3.05, 3.63) is 29.8 Å². The first kappa shape index (κ1) is 17.1. The quantitative estimate of drug-likeness (QED) is 0.528. The normalized spacial score (nSPS) is 24.7. The lowest BCUT2D eigenvalue weighted by Gasteiger charge is -2.36. The van der Waals surface area contributed by atoms with Crippen molar-refractivity contribution in [2.75, 3.05) is 19.8 Å². The van der Waals surface area contributed by atoms with Crippen LogP contribution in [0.2, 0.25) is 0 Å². The number of nitrogens with one attached hydrogen (secondary N) is 3. The van der Waals surface area contributed by atoms with Crippen LogP contribution in [-0.2, 0) is 6.42 Å². The maximum absolute atomic E-state index is 6.48. The lowest BCUT2D eigenvalue weighted by Crippen LogP contribution is -2.63. The number of halogens is 1. The number of hydrogen-bond acceptors (Lipinski definition) is 4. The van der Waals surface area contributed by atoms with Crippen molar-refractivity contribution in [3.8, 4) is 18.1 Å². The Labute approximate surface area is 138 Å². The third-order valence-electron chi connectivity index (χ3n) is 3.85. The average molecular weight is 322 g/mol. The molecule has 3 atom stereocenters. The molecule has 0 bridgehead atoms. The van der Waals surface area contributed by atoms with Gasteiger partial charge in [0.25, 0.3) is 0 Å². The zero-order valence-electron chi connectivity index (χ0n) is 12.9. The second kappa shape index (κ2) is 9.02. The number of hydrogen-bond donors (Lipinski definition) is 3. The Morgan fingerprint density at radius 2 is 2.14 bits per heavy atom. The Morgan fingerprint density at radius 3 is 2.82 bits per heavy atom. The zero-order chi connectivity index (χ0) is 15.8. The monoisotopic (exact) mass is 321 g/mol. The van der Waals surface area contributed by atoms with Gasteiger partial charge in [-0.2, -0.15) is 0 Å². The number of alkyl halides is 1. The molecule has 0 aromatic heterocycles. The topological polar surface area (TPSA) is 45.3 Å². The fraction of sp³-hybridized carbons (Fsp3) is 0.529. The van der Waals surface area contributed by atoms with E-state index < -0.39 is 0 Å². The molecule has 120 valence electrons. The van der Waals surface area contributed by atoms with Gasteiger partial charge in [-0.15, -0.1) is 18.0 Å². The van der Waals surface area contributed by atoms with Crippen LogP contribution in [-0.4, -0.2) is 37.4 Å². The number of benzene rings is 1. The number of ether oxygens (including phenoxy) is 1. The predicted molar refractivity (Wildman–Crippen MR) is 91.1 cm³/mol. The van der Waals surface area contributed by atoms with E-state index in [-0.39, 0.29) is 11.5 Å². The minimum atomic E-state index is 0.0540. The van der Waals surface area contributed by atoms with Gasteiger partial charge in [0.2, 0.25) is 0 Å². The molecule has 0 amide bonds. The van der Waals surface area contributed by atoms with Gasteiger partial charge in [-0.25, -0.2) is 0 Å². The fourth-order valence-electron chi connectivity index (χ4n) is 2.56. The van der Waals surface area contributed by atoms with Crippen molar-refractivity contribution in [2.24, 2.45) is 0 Å². The van der Waals surface area contributed by atoms with Gasteiger partial charge < -0.3 is 15.4 Å². The van der Waals surface area contributed by atoms with Gasteiger partial charge in [-0.1, -0.05) is 25.0 Å². The molecule has 1 fully saturated rings. The molecule has 3 unspecified atom stereocenters. The summed E-state index contributed by atoms with van der Waals surface area (Å²) < 4.78 is 5.36. The van der Waals surface area contributed by atoms with E-state index in [1.165, 1.54) is 5.56 Å². The van der Waals surface area contributed by atoms with E-state index in [2.05, 4.69) is 40.9 Å². The summed E-state index contributed by atoms with van der Waals surface area (Å²) in [4.78, 5) is 0. The van der Waals surface area contributed by atoms with Crippen molar-refractivity contribution < 1.29 is 4.74 Å². The summed E-state index contributed by atoms with van der Waals surface area (Å²) in [6, 6.07) is 8.39. The molecule has 1 saturated heterocycles. The maximum Gasteiger partial charge on any atom is 0.148 e. The first-order valence-corrected chi connectivity index (χ1v) is 8.17. The van der Waals surface area contributed by atoms with E-state index in [9.17, 15) is 0 Å². The van der Waals surface area contributed by atoms with E-state index in [1.54, 1.807) is 0 Å². The van der Waals surface area contributed by atoms with Crippen LogP contribution in [0.4, 0.5) is 0 Å². The summed E-state index contributed by atoms with van der Waals surface area (Å²) in [6.45, 7) is 4.12. The highest BCUT2D eigenvalue weighted by Crippen LogP contribution is 2.14. The zero-order valence-corrected chi connectivity index (χ0v) is 13.7. The predicted octanol–water partition coefficient (Wildman–Crippen LogP) is 1.69. The van der Waals surface area contributed by atoms with Crippen molar-refractivity contribution in [3.63, 3.8) is 0 Å². The van der Waals surface area contributed by atoms with Crippen LogP contribution in [0.1, 0.15) is 18.9 Å². The molecule has 1 aromatic rings. The molecule has 5 heteroatoms. The molecule has 0 radical (unpaired) electrons. The Balaban J connectivity index is 1.75. The van der Waals surface area contributed by atoms with Crippen molar-refractivity contribution in [1.82, 2.24) is 16.0 Å². The summed E-state index contributed by atoms with van der Waals surface area (Å²) >= 11 is 6.48.